The number of methoxy groups -OCH3 is 1. The third kappa shape index (κ3) is 7.73. The van der Waals surface area contributed by atoms with Crippen molar-refractivity contribution in [2.24, 2.45) is 5.92 Å². The van der Waals surface area contributed by atoms with Crippen molar-refractivity contribution in [2.45, 2.75) is 52.6 Å². The summed E-state index contributed by atoms with van der Waals surface area (Å²) in [6.07, 6.45) is 8.86. The first kappa shape index (κ1) is 19.1. The maximum absolute atomic E-state index is 11.7. The first-order valence-electron chi connectivity index (χ1n) is 8.25. The molecule has 0 radical (unpaired) electrons. The number of allylic oxidation sites excluding steroid dienone is 2. The fourth-order valence-corrected chi connectivity index (χ4v) is 2.04. The van der Waals surface area contributed by atoms with Crippen molar-refractivity contribution in [3.63, 3.8) is 0 Å². The van der Waals surface area contributed by atoms with Crippen molar-refractivity contribution in [2.75, 3.05) is 7.11 Å². The second-order valence-electron chi connectivity index (χ2n) is 5.73. The fourth-order valence-electron chi connectivity index (χ4n) is 2.04. The van der Waals surface area contributed by atoms with Gasteiger partial charge in [-0.3, -0.25) is 4.79 Å². The number of phenolic OH excluding ortho intramolecular Hbond substituents is 1. The standard InChI is InChI=1S/C19H28O4/c1-4-15(2)9-7-5-6-8-10-19(21)23-14-16-11-12-17(20)18(13-16)22-3/h7,9,11-13,15,20H,4-6,8,10,14H2,1-3H3/b9-7+. The lowest BCUT2D eigenvalue weighted by Gasteiger charge is -2.08. The molecule has 0 aromatic heterocycles. The van der Waals surface area contributed by atoms with Gasteiger partial charge in [0.15, 0.2) is 11.5 Å². The van der Waals surface area contributed by atoms with Crippen LogP contribution in [0.15, 0.2) is 30.4 Å². The number of carbonyl (C=O) groups excluding carboxylic acids is 1. The quantitative estimate of drug-likeness (QED) is 0.389. The first-order valence-corrected chi connectivity index (χ1v) is 8.25. The van der Waals surface area contributed by atoms with E-state index in [1.807, 2.05) is 0 Å². The number of unbranched alkanes of at least 4 members (excludes halogenated alkanes) is 2. The average Bonchev–Trinajstić information content (AvgIpc) is 2.56. The molecule has 128 valence electrons. The van der Waals surface area contributed by atoms with Gasteiger partial charge < -0.3 is 14.6 Å². The maximum atomic E-state index is 11.7. The Hall–Kier alpha value is -1.97. The third-order valence-electron chi connectivity index (χ3n) is 3.75. The number of esters is 1. The smallest absolute Gasteiger partial charge is 0.306 e. The zero-order chi connectivity index (χ0) is 17.1. The van der Waals surface area contributed by atoms with Gasteiger partial charge in [-0.15, -0.1) is 0 Å². The molecule has 1 aromatic rings. The minimum absolute atomic E-state index is 0.0769. The molecule has 0 fully saturated rings. The Morgan fingerprint density at radius 1 is 1.35 bits per heavy atom. The summed E-state index contributed by atoms with van der Waals surface area (Å²) in [6.45, 7) is 4.57. The van der Waals surface area contributed by atoms with Crippen LogP contribution in [0, 0.1) is 5.92 Å². The van der Waals surface area contributed by atoms with Gasteiger partial charge in [0.1, 0.15) is 6.61 Å². The van der Waals surface area contributed by atoms with Crippen LogP contribution >= 0.6 is 0 Å². The molecule has 4 nitrogen and oxygen atoms in total. The monoisotopic (exact) mass is 320 g/mol. The SMILES string of the molecule is CCC(C)/C=C/CCCCC(=O)OCc1ccc(O)c(OC)c1. The summed E-state index contributed by atoms with van der Waals surface area (Å²) in [5, 5.41) is 9.51. The lowest BCUT2D eigenvalue weighted by Crippen LogP contribution is -2.04. The van der Waals surface area contributed by atoms with E-state index in [-0.39, 0.29) is 18.3 Å². The molecule has 1 rings (SSSR count). The molecule has 0 spiro atoms. The van der Waals surface area contributed by atoms with Crippen molar-refractivity contribution in [1.82, 2.24) is 0 Å². The Morgan fingerprint density at radius 3 is 2.83 bits per heavy atom. The van der Waals surface area contributed by atoms with E-state index in [1.165, 1.54) is 13.2 Å². The minimum atomic E-state index is -0.192. The summed E-state index contributed by atoms with van der Waals surface area (Å²) in [6, 6.07) is 4.92. The van der Waals surface area contributed by atoms with Gasteiger partial charge in [-0.1, -0.05) is 38.5 Å². The van der Waals surface area contributed by atoms with Gasteiger partial charge in [-0.2, -0.15) is 0 Å². The van der Waals surface area contributed by atoms with Crippen molar-refractivity contribution >= 4 is 5.97 Å². The van der Waals surface area contributed by atoms with Crippen LogP contribution in [0.3, 0.4) is 0 Å². The summed E-state index contributed by atoms with van der Waals surface area (Å²) in [5.41, 5.74) is 0.796. The molecule has 0 saturated carbocycles. The highest BCUT2D eigenvalue weighted by atomic mass is 16.5. The van der Waals surface area contributed by atoms with E-state index in [1.54, 1.807) is 12.1 Å². The number of hydrogen-bond acceptors (Lipinski definition) is 4. The number of hydrogen-bond donors (Lipinski definition) is 1. The normalized spacial score (nSPS) is 12.3. The fraction of sp³-hybridized carbons (Fsp3) is 0.526. The van der Waals surface area contributed by atoms with Crippen LogP contribution in [0.25, 0.3) is 0 Å². The summed E-state index contributed by atoms with van der Waals surface area (Å²) in [5.74, 6) is 0.893. The van der Waals surface area contributed by atoms with Crippen LogP contribution < -0.4 is 4.74 Å². The summed E-state index contributed by atoms with van der Waals surface area (Å²) in [7, 11) is 1.49. The molecular weight excluding hydrogens is 292 g/mol. The predicted octanol–water partition coefficient (Wildman–Crippen LogP) is 4.61. The Balaban J connectivity index is 2.21. The second kappa shape index (κ2) is 10.7. The number of rotatable bonds is 10. The van der Waals surface area contributed by atoms with E-state index in [4.69, 9.17) is 9.47 Å². The zero-order valence-electron chi connectivity index (χ0n) is 14.4. The average molecular weight is 320 g/mol. The largest absolute Gasteiger partial charge is 0.504 e. The summed E-state index contributed by atoms with van der Waals surface area (Å²) < 4.78 is 10.3. The topological polar surface area (TPSA) is 55.8 Å². The summed E-state index contributed by atoms with van der Waals surface area (Å²) in [4.78, 5) is 11.7. The van der Waals surface area contributed by atoms with Crippen LogP contribution in [-0.2, 0) is 16.1 Å². The molecule has 1 aromatic carbocycles. The van der Waals surface area contributed by atoms with Crippen molar-refractivity contribution in [3.05, 3.63) is 35.9 Å². The van der Waals surface area contributed by atoms with Crippen molar-refractivity contribution in [1.29, 1.82) is 0 Å². The zero-order valence-corrected chi connectivity index (χ0v) is 14.4. The molecule has 0 aliphatic heterocycles. The maximum Gasteiger partial charge on any atom is 0.306 e. The molecule has 0 amide bonds. The van der Waals surface area contributed by atoms with E-state index in [0.29, 0.717) is 18.1 Å². The van der Waals surface area contributed by atoms with Gasteiger partial charge in [0.25, 0.3) is 0 Å². The second-order valence-corrected chi connectivity index (χ2v) is 5.73. The molecule has 0 bridgehead atoms. The van der Waals surface area contributed by atoms with Crippen LogP contribution in [0.2, 0.25) is 0 Å². The molecule has 0 saturated heterocycles. The molecule has 23 heavy (non-hydrogen) atoms. The molecule has 4 heteroatoms. The van der Waals surface area contributed by atoms with Gasteiger partial charge in [0.2, 0.25) is 0 Å². The van der Waals surface area contributed by atoms with Crippen LogP contribution in [0.5, 0.6) is 11.5 Å². The number of benzene rings is 1. The van der Waals surface area contributed by atoms with Crippen LogP contribution in [0.4, 0.5) is 0 Å². The van der Waals surface area contributed by atoms with E-state index in [9.17, 15) is 9.90 Å². The highest BCUT2D eigenvalue weighted by molar-refractivity contribution is 5.69. The van der Waals surface area contributed by atoms with E-state index in [2.05, 4.69) is 26.0 Å². The number of ether oxygens (including phenoxy) is 2. The van der Waals surface area contributed by atoms with E-state index in [0.717, 1.165) is 31.2 Å². The van der Waals surface area contributed by atoms with Crippen molar-refractivity contribution < 1.29 is 19.4 Å². The summed E-state index contributed by atoms with van der Waals surface area (Å²) >= 11 is 0. The number of aromatic hydroxyl groups is 1. The Labute approximate surface area is 139 Å². The van der Waals surface area contributed by atoms with Crippen LogP contribution in [-0.4, -0.2) is 18.2 Å². The molecule has 0 heterocycles. The third-order valence-corrected chi connectivity index (χ3v) is 3.75. The van der Waals surface area contributed by atoms with Gasteiger partial charge >= 0.3 is 5.97 Å². The first-order chi connectivity index (χ1) is 11.1. The number of carbonyl (C=O) groups is 1. The Kier molecular flexibility index (Phi) is 8.88. The molecule has 0 aliphatic carbocycles. The molecule has 0 aliphatic rings. The number of phenols is 1. The minimum Gasteiger partial charge on any atom is -0.504 e. The van der Waals surface area contributed by atoms with Crippen LogP contribution in [0.1, 0.15) is 51.5 Å². The van der Waals surface area contributed by atoms with Gasteiger partial charge in [0.05, 0.1) is 7.11 Å². The lowest BCUT2D eigenvalue weighted by atomic mass is 10.1. The predicted molar refractivity (Wildman–Crippen MR) is 91.5 cm³/mol. The van der Waals surface area contributed by atoms with E-state index < -0.39 is 0 Å². The van der Waals surface area contributed by atoms with Gasteiger partial charge in [-0.05, 0) is 42.9 Å². The van der Waals surface area contributed by atoms with Gasteiger partial charge in [-0.25, -0.2) is 0 Å². The molecular formula is C19H28O4. The van der Waals surface area contributed by atoms with Gasteiger partial charge in [0, 0.05) is 6.42 Å². The Morgan fingerprint density at radius 2 is 2.13 bits per heavy atom. The molecule has 1 atom stereocenters. The molecule has 1 unspecified atom stereocenters. The highest BCUT2D eigenvalue weighted by Gasteiger charge is 2.06. The van der Waals surface area contributed by atoms with Crippen molar-refractivity contribution in [3.8, 4) is 11.5 Å². The highest BCUT2D eigenvalue weighted by Crippen LogP contribution is 2.26. The molecule has 1 N–H and O–H groups in total. The lowest BCUT2D eigenvalue weighted by molar-refractivity contribution is -0.145. The van der Waals surface area contributed by atoms with E-state index >= 15 is 0 Å². The Bertz CT molecular complexity index is 508.